The third kappa shape index (κ3) is 2.76. The normalized spacial score (nSPS) is 23.4. The summed E-state index contributed by atoms with van der Waals surface area (Å²) in [4.78, 5) is 33.8. The monoisotopic (exact) mass is 319 g/mol. The predicted molar refractivity (Wildman–Crippen MR) is 84.4 cm³/mol. The molecule has 7 heteroatoms. The molecule has 6 nitrogen and oxygen atoms in total. The van der Waals surface area contributed by atoms with Gasteiger partial charge in [-0.1, -0.05) is 11.2 Å². The van der Waals surface area contributed by atoms with Crippen molar-refractivity contribution in [1.29, 1.82) is 0 Å². The second-order valence-electron chi connectivity index (χ2n) is 5.52. The summed E-state index contributed by atoms with van der Waals surface area (Å²) in [5.41, 5.74) is 0.410. The van der Waals surface area contributed by atoms with Gasteiger partial charge in [0, 0.05) is 31.6 Å². The number of carbonyl (C=O) groups excluding carboxylic acids is 2. The van der Waals surface area contributed by atoms with Crippen LogP contribution >= 0.6 is 11.3 Å². The van der Waals surface area contributed by atoms with E-state index in [9.17, 15) is 9.59 Å². The van der Waals surface area contributed by atoms with E-state index in [0.29, 0.717) is 18.8 Å². The summed E-state index contributed by atoms with van der Waals surface area (Å²) in [5.74, 6) is -0.354. The molecule has 0 aromatic carbocycles. The largest absolute Gasteiger partial charge is 0.389 e. The van der Waals surface area contributed by atoms with Crippen LogP contribution in [0.4, 0.5) is 0 Å². The molecule has 0 saturated carbocycles. The molecular weight excluding hydrogens is 302 g/mol. The van der Waals surface area contributed by atoms with E-state index in [-0.39, 0.29) is 23.8 Å². The summed E-state index contributed by atoms with van der Waals surface area (Å²) in [6.07, 6.45) is 3.16. The van der Waals surface area contributed by atoms with Gasteiger partial charge in [0.05, 0.1) is 12.5 Å². The van der Waals surface area contributed by atoms with Crippen LogP contribution in [0.3, 0.4) is 0 Å². The van der Waals surface area contributed by atoms with Crippen molar-refractivity contribution in [3.05, 3.63) is 28.5 Å². The van der Waals surface area contributed by atoms with Gasteiger partial charge in [0.25, 0.3) is 5.91 Å². The lowest BCUT2D eigenvalue weighted by molar-refractivity contribution is -0.126. The first-order chi connectivity index (χ1) is 10.6. The molecule has 1 aromatic rings. The number of carbonyl (C=O) groups is 2. The molecule has 3 rings (SSSR count). The van der Waals surface area contributed by atoms with E-state index >= 15 is 0 Å². The van der Waals surface area contributed by atoms with Crippen LogP contribution in [0.1, 0.15) is 4.88 Å². The Hall–Kier alpha value is -2.15. The molecule has 0 aliphatic carbocycles. The van der Waals surface area contributed by atoms with Crippen LogP contribution < -0.4 is 0 Å². The Morgan fingerprint density at radius 2 is 2.27 bits per heavy atom. The smallest absolute Gasteiger partial charge is 0.271 e. The van der Waals surface area contributed by atoms with Crippen molar-refractivity contribution in [2.75, 3.05) is 27.2 Å². The molecule has 2 atom stereocenters. The zero-order valence-corrected chi connectivity index (χ0v) is 13.2. The number of fused-ring (bicyclic) bond motifs is 1. The van der Waals surface area contributed by atoms with Gasteiger partial charge in [-0.05, 0) is 17.5 Å². The average Bonchev–Trinajstić information content (AvgIpc) is 3.19. The molecular formula is C15H17N3O3S. The van der Waals surface area contributed by atoms with Crippen molar-refractivity contribution in [3.8, 4) is 0 Å². The fourth-order valence-corrected chi connectivity index (χ4v) is 3.21. The maximum atomic E-state index is 12.2. The van der Waals surface area contributed by atoms with Gasteiger partial charge in [-0.15, -0.1) is 11.3 Å². The first-order valence-electron chi connectivity index (χ1n) is 7.02. The lowest BCUT2D eigenvalue weighted by atomic mass is 10.00. The molecule has 2 aliphatic heterocycles. The summed E-state index contributed by atoms with van der Waals surface area (Å²) in [7, 11) is 3.36. The highest BCUT2D eigenvalue weighted by molar-refractivity contribution is 7.10. The fourth-order valence-electron chi connectivity index (χ4n) is 2.59. The number of amides is 2. The van der Waals surface area contributed by atoms with Gasteiger partial charge in [0.15, 0.2) is 11.8 Å². The molecule has 1 fully saturated rings. The Kier molecular flexibility index (Phi) is 3.98. The summed E-state index contributed by atoms with van der Waals surface area (Å²) in [6.45, 7) is 0.933. The van der Waals surface area contributed by atoms with E-state index < -0.39 is 0 Å². The summed E-state index contributed by atoms with van der Waals surface area (Å²) in [5, 5.41) is 5.86. The van der Waals surface area contributed by atoms with Gasteiger partial charge < -0.3 is 14.6 Å². The topological polar surface area (TPSA) is 62.2 Å². The van der Waals surface area contributed by atoms with Crippen LogP contribution in [0, 0.1) is 5.92 Å². The number of likely N-dealkylation sites (tertiary alicyclic amines) is 1. The molecule has 116 valence electrons. The summed E-state index contributed by atoms with van der Waals surface area (Å²) >= 11 is 1.58. The SMILES string of the molecule is CN(C)C(=O)C1=NO[C@@H]2CN(C(=O)/C=C/c3cccs3)C[C@H]12. The molecule has 22 heavy (non-hydrogen) atoms. The number of nitrogens with zero attached hydrogens (tertiary/aromatic N) is 3. The summed E-state index contributed by atoms with van der Waals surface area (Å²) < 4.78 is 0. The highest BCUT2D eigenvalue weighted by Crippen LogP contribution is 2.28. The van der Waals surface area contributed by atoms with Gasteiger partial charge >= 0.3 is 0 Å². The van der Waals surface area contributed by atoms with Crippen LogP contribution in [0.15, 0.2) is 28.7 Å². The van der Waals surface area contributed by atoms with E-state index in [0.717, 1.165) is 4.88 Å². The van der Waals surface area contributed by atoms with Gasteiger partial charge in [-0.3, -0.25) is 9.59 Å². The molecule has 0 N–H and O–H groups in total. The second kappa shape index (κ2) is 5.92. The quantitative estimate of drug-likeness (QED) is 0.783. The van der Waals surface area contributed by atoms with E-state index in [1.165, 1.54) is 4.90 Å². The minimum atomic E-state index is -0.210. The zero-order valence-electron chi connectivity index (χ0n) is 12.4. The van der Waals surface area contributed by atoms with Crippen LogP contribution in [0.25, 0.3) is 6.08 Å². The minimum Gasteiger partial charge on any atom is -0.389 e. The van der Waals surface area contributed by atoms with Crippen LogP contribution in [-0.4, -0.2) is 60.6 Å². The highest BCUT2D eigenvalue weighted by atomic mass is 32.1. The molecule has 2 aliphatic rings. The predicted octanol–water partition coefficient (Wildman–Crippen LogP) is 1.06. The van der Waals surface area contributed by atoms with Crippen LogP contribution in [0.2, 0.25) is 0 Å². The molecule has 2 amide bonds. The first kappa shape index (κ1) is 14.8. The van der Waals surface area contributed by atoms with Crippen LogP contribution in [0.5, 0.6) is 0 Å². The molecule has 1 aromatic heterocycles. The molecule has 3 heterocycles. The number of hydrogen-bond donors (Lipinski definition) is 0. The van der Waals surface area contributed by atoms with Gasteiger partial charge in [0.2, 0.25) is 5.91 Å². The molecule has 0 radical (unpaired) electrons. The Morgan fingerprint density at radius 3 is 2.95 bits per heavy atom. The second-order valence-corrected chi connectivity index (χ2v) is 6.50. The van der Waals surface area contributed by atoms with Crippen molar-refractivity contribution in [1.82, 2.24) is 9.80 Å². The highest BCUT2D eigenvalue weighted by Gasteiger charge is 2.46. The Labute approximate surface area is 132 Å². The minimum absolute atomic E-state index is 0.0666. The number of hydrogen-bond acceptors (Lipinski definition) is 5. The number of thiophene rings is 1. The van der Waals surface area contributed by atoms with Crippen molar-refractivity contribution >= 4 is 34.9 Å². The summed E-state index contributed by atoms with van der Waals surface area (Å²) in [6, 6.07) is 3.90. The van der Waals surface area contributed by atoms with E-state index in [4.69, 9.17) is 4.84 Å². The number of rotatable bonds is 3. The average molecular weight is 319 g/mol. The van der Waals surface area contributed by atoms with Crippen LogP contribution in [-0.2, 0) is 14.4 Å². The standard InChI is InChI=1S/C15H17N3O3S/c1-17(2)15(20)14-11-8-18(9-12(11)21-16-14)13(19)6-5-10-4-3-7-22-10/h3-7,11-12H,8-9H2,1-2H3/b6-5+/t11-,12+/m0/s1. The van der Waals surface area contributed by atoms with Crippen molar-refractivity contribution < 1.29 is 14.4 Å². The fraction of sp³-hybridized carbons (Fsp3) is 0.400. The molecule has 1 saturated heterocycles. The first-order valence-corrected chi connectivity index (χ1v) is 7.90. The molecule has 0 spiro atoms. The Morgan fingerprint density at radius 1 is 1.45 bits per heavy atom. The number of oxime groups is 1. The third-order valence-corrected chi connectivity index (χ3v) is 4.61. The van der Waals surface area contributed by atoms with Gasteiger partial charge in [0.1, 0.15) is 0 Å². The third-order valence-electron chi connectivity index (χ3n) is 3.77. The zero-order chi connectivity index (χ0) is 15.7. The maximum Gasteiger partial charge on any atom is 0.271 e. The van der Waals surface area contributed by atoms with Crippen molar-refractivity contribution in [3.63, 3.8) is 0 Å². The Balaban J connectivity index is 1.64. The van der Waals surface area contributed by atoms with E-state index in [1.54, 1.807) is 36.4 Å². The molecule has 0 unspecified atom stereocenters. The van der Waals surface area contributed by atoms with Gasteiger partial charge in [-0.2, -0.15) is 0 Å². The van der Waals surface area contributed by atoms with Crippen molar-refractivity contribution in [2.45, 2.75) is 6.10 Å². The lowest BCUT2D eigenvalue weighted by Gasteiger charge is -2.15. The lowest BCUT2D eigenvalue weighted by Crippen LogP contribution is -2.36. The Bertz CT molecular complexity index is 636. The van der Waals surface area contributed by atoms with E-state index in [2.05, 4.69) is 5.16 Å². The van der Waals surface area contributed by atoms with Gasteiger partial charge in [-0.25, -0.2) is 0 Å². The van der Waals surface area contributed by atoms with E-state index in [1.807, 2.05) is 23.6 Å². The van der Waals surface area contributed by atoms with Crippen molar-refractivity contribution in [2.24, 2.45) is 11.1 Å². The molecule has 0 bridgehead atoms. The maximum absolute atomic E-state index is 12.2.